The Morgan fingerprint density at radius 2 is 1.71 bits per heavy atom. The minimum Gasteiger partial charge on any atom is -0.494 e. The average Bonchev–Trinajstić information content (AvgIpc) is 2.80. The summed E-state index contributed by atoms with van der Waals surface area (Å²) in [4.78, 5) is 16.7. The highest BCUT2D eigenvalue weighted by molar-refractivity contribution is 6.36. The lowest BCUT2D eigenvalue weighted by atomic mass is 10.1. The number of benzene rings is 2. The number of nitrogens with zero attached hydrogens (tertiary/aromatic N) is 4. The van der Waals surface area contributed by atoms with E-state index in [9.17, 15) is 4.79 Å². The number of rotatable bonds is 5. The maximum absolute atomic E-state index is 12.8. The fraction of sp³-hybridized carbons (Fsp3) is 0.261. The fourth-order valence-electron chi connectivity index (χ4n) is 3.51. The van der Waals surface area contributed by atoms with Gasteiger partial charge in [0.25, 0.3) is 5.91 Å². The van der Waals surface area contributed by atoms with Crippen LogP contribution in [0, 0.1) is 0 Å². The van der Waals surface area contributed by atoms with Crippen LogP contribution in [0.15, 0.2) is 54.6 Å². The molecule has 2 aromatic carbocycles. The number of carbonyl (C=O) groups excluding carboxylic acids is 1. The van der Waals surface area contributed by atoms with E-state index in [0.717, 1.165) is 22.8 Å². The van der Waals surface area contributed by atoms with Gasteiger partial charge < -0.3 is 14.5 Å². The third-order valence-corrected chi connectivity index (χ3v) is 5.71. The Hall–Kier alpha value is -2.83. The molecular weight excluding hydrogens is 435 g/mol. The molecule has 1 fully saturated rings. The molecule has 6 nitrogen and oxygen atoms in total. The molecule has 1 aliphatic rings. The summed E-state index contributed by atoms with van der Waals surface area (Å²) in [6, 6.07) is 16.7. The van der Waals surface area contributed by atoms with Crippen molar-refractivity contribution in [1.29, 1.82) is 0 Å². The second-order valence-corrected chi connectivity index (χ2v) is 7.98. The van der Waals surface area contributed by atoms with E-state index in [0.29, 0.717) is 48.4 Å². The Morgan fingerprint density at radius 3 is 2.32 bits per heavy atom. The van der Waals surface area contributed by atoms with E-state index in [4.69, 9.17) is 27.9 Å². The number of hydrogen-bond acceptors (Lipinski definition) is 5. The zero-order valence-corrected chi connectivity index (χ0v) is 18.6. The molecule has 0 saturated carbocycles. The lowest BCUT2D eigenvalue weighted by molar-refractivity contribution is 0.0746. The first-order chi connectivity index (χ1) is 15.0. The van der Waals surface area contributed by atoms with Crippen LogP contribution in [0.5, 0.6) is 5.75 Å². The first-order valence-electron chi connectivity index (χ1n) is 10.1. The van der Waals surface area contributed by atoms with Crippen LogP contribution in [0.3, 0.4) is 0 Å². The second-order valence-electron chi connectivity index (χ2n) is 7.14. The molecule has 31 heavy (non-hydrogen) atoms. The van der Waals surface area contributed by atoms with Crippen molar-refractivity contribution in [1.82, 2.24) is 15.1 Å². The van der Waals surface area contributed by atoms with Gasteiger partial charge in [0.15, 0.2) is 5.82 Å². The molecule has 4 rings (SSSR count). The minimum atomic E-state index is -0.0850. The van der Waals surface area contributed by atoms with Crippen molar-refractivity contribution >= 4 is 34.9 Å². The Bertz CT molecular complexity index is 1050. The van der Waals surface area contributed by atoms with Crippen LogP contribution in [-0.4, -0.2) is 53.8 Å². The van der Waals surface area contributed by atoms with Crippen molar-refractivity contribution in [2.24, 2.45) is 0 Å². The van der Waals surface area contributed by atoms with Gasteiger partial charge in [0, 0.05) is 36.8 Å². The molecule has 8 heteroatoms. The van der Waals surface area contributed by atoms with Crippen LogP contribution in [0.1, 0.15) is 17.3 Å². The molecule has 160 valence electrons. The number of ether oxygens (including phenoxy) is 1. The number of piperazine rings is 1. The monoisotopic (exact) mass is 456 g/mol. The largest absolute Gasteiger partial charge is 0.494 e. The van der Waals surface area contributed by atoms with Gasteiger partial charge in [0.2, 0.25) is 0 Å². The van der Waals surface area contributed by atoms with Crippen molar-refractivity contribution in [3.05, 3.63) is 70.2 Å². The summed E-state index contributed by atoms with van der Waals surface area (Å²) < 4.78 is 5.48. The van der Waals surface area contributed by atoms with Crippen molar-refractivity contribution in [2.75, 3.05) is 37.7 Å². The molecule has 0 unspecified atom stereocenters. The predicted octanol–water partition coefficient (Wildman–Crippen LogP) is 4.81. The number of hydrogen-bond donors (Lipinski definition) is 0. The Balaban J connectivity index is 1.38. The smallest absolute Gasteiger partial charge is 0.255 e. The van der Waals surface area contributed by atoms with Gasteiger partial charge in [-0.1, -0.05) is 23.2 Å². The highest BCUT2D eigenvalue weighted by Crippen LogP contribution is 2.24. The summed E-state index contributed by atoms with van der Waals surface area (Å²) in [7, 11) is 0. The molecule has 0 N–H and O–H groups in total. The van der Waals surface area contributed by atoms with Crippen LogP contribution >= 0.6 is 23.2 Å². The van der Waals surface area contributed by atoms with E-state index < -0.39 is 0 Å². The summed E-state index contributed by atoms with van der Waals surface area (Å²) in [5, 5.41) is 9.66. The molecule has 1 aliphatic heterocycles. The van der Waals surface area contributed by atoms with Crippen LogP contribution in [0.2, 0.25) is 10.0 Å². The normalized spacial score (nSPS) is 13.9. The third kappa shape index (κ3) is 4.92. The van der Waals surface area contributed by atoms with E-state index in [-0.39, 0.29) is 5.91 Å². The average molecular weight is 457 g/mol. The zero-order valence-electron chi connectivity index (χ0n) is 17.1. The molecule has 0 bridgehead atoms. The molecule has 1 aromatic heterocycles. The molecule has 0 radical (unpaired) electrons. The van der Waals surface area contributed by atoms with Gasteiger partial charge in [-0.15, -0.1) is 10.2 Å². The Morgan fingerprint density at radius 1 is 0.968 bits per heavy atom. The van der Waals surface area contributed by atoms with E-state index >= 15 is 0 Å². The van der Waals surface area contributed by atoms with Gasteiger partial charge in [-0.2, -0.15) is 0 Å². The van der Waals surface area contributed by atoms with E-state index in [1.54, 1.807) is 23.1 Å². The number of amides is 1. The predicted molar refractivity (Wildman–Crippen MR) is 123 cm³/mol. The topological polar surface area (TPSA) is 58.6 Å². The lowest BCUT2D eigenvalue weighted by Crippen LogP contribution is -2.49. The van der Waals surface area contributed by atoms with E-state index in [2.05, 4.69) is 15.1 Å². The third-order valence-electron chi connectivity index (χ3n) is 5.16. The summed E-state index contributed by atoms with van der Waals surface area (Å²) in [6.45, 7) is 5.11. The molecule has 1 saturated heterocycles. The first kappa shape index (κ1) is 21.4. The summed E-state index contributed by atoms with van der Waals surface area (Å²) in [5.74, 6) is 1.55. The molecule has 1 amide bonds. The van der Waals surface area contributed by atoms with Gasteiger partial charge in [-0.3, -0.25) is 4.79 Å². The van der Waals surface area contributed by atoms with Crippen molar-refractivity contribution in [3.8, 4) is 17.0 Å². The van der Waals surface area contributed by atoms with Gasteiger partial charge in [-0.25, -0.2) is 0 Å². The summed E-state index contributed by atoms with van der Waals surface area (Å²) in [6.07, 6.45) is 0. The highest BCUT2D eigenvalue weighted by Gasteiger charge is 2.24. The summed E-state index contributed by atoms with van der Waals surface area (Å²) in [5.41, 5.74) is 2.26. The maximum atomic E-state index is 12.8. The standard InChI is InChI=1S/C23H22Cl2N4O2/c1-2-31-18-6-3-16(4-7-18)21-9-10-22(27-26-21)28-11-13-29(14-12-28)23(30)19-8-5-17(24)15-20(19)25/h3-10,15H,2,11-14H2,1H3. The van der Waals surface area contributed by atoms with Gasteiger partial charge in [-0.05, 0) is 61.5 Å². The van der Waals surface area contributed by atoms with Gasteiger partial charge >= 0.3 is 0 Å². The molecule has 0 spiro atoms. The van der Waals surface area contributed by atoms with E-state index in [1.807, 2.05) is 43.3 Å². The molecule has 0 atom stereocenters. The van der Waals surface area contributed by atoms with Crippen molar-refractivity contribution in [2.45, 2.75) is 6.92 Å². The van der Waals surface area contributed by atoms with Crippen molar-refractivity contribution < 1.29 is 9.53 Å². The number of halogens is 2. The van der Waals surface area contributed by atoms with Crippen LogP contribution < -0.4 is 9.64 Å². The van der Waals surface area contributed by atoms with Gasteiger partial charge in [0.1, 0.15) is 5.75 Å². The Labute approximate surface area is 191 Å². The van der Waals surface area contributed by atoms with Crippen LogP contribution in [0.25, 0.3) is 11.3 Å². The minimum absolute atomic E-state index is 0.0850. The van der Waals surface area contributed by atoms with Crippen LogP contribution in [-0.2, 0) is 0 Å². The number of aromatic nitrogens is 2. The maximum Gasteiger partial charge on any atom is 0.255 e. The quantitative estimate of drug-likeness (QED) is 0.551. The first-order valence-corrected chi connectivity index (χ1v) is 10.9. The Kier molecular flexibility index (Phi) is 6.59. The second kappa shape index (κ2) is 9.54. The molecular formula is C23H22Cl2N4O2. The van der Waals surface area contributed by atoms with Crippen molar-refractivity contribution in [3.63, 3.8) is 0 Å². The molecule has 3 aromatic rings. The lowest BCUT2D eigenvalue weighted by Gasteiger charge is -2.35. The summed E-state index contributed by atoms with van der Waals surface area (Å²) >= 11 is 12.1. The van der Waals surface area contributed by atoms with E-state index in [1.165, 1.54) is 0 Å². The molecule has 0 aliphatic carbocycles. The fourth-order valence-corrected chi connectivity index (χ4v) is 4.00. The number of anilines is 1. The number of carbonyl (C=O) groups is 1. The highest BCUT2D eigenvalue weighted by atomic mass is 35.5. The van der Waals surface area contributed by atoms with Crippen LogP contribution in [0.4, 0.5) is 5.82 Å². The molecule has 2 heterocycles. The van der Waals surface area contributed by atoms with Gasteiger partial charge in [0.05, 0.1) is 22.9 Å². The zero-order chi connectivity index (χ0) is 21.8. The SMILES string of the molecule is CCOc1ccc(-c2ccc(N3CCN(C(=O)c4ccc(Cl)cc4Cl)CC3)nn2)cc1.